The molecule has 0 saturated carbocycles. The summed E-state index contributed by atoms with van der Waals surface area (Å²) >= 11 is 6.50. The van der Waals surface area contributed by atoms with E-state index in [4.69, 9.17) is 11.6 Å². The van der Waals surface area contributed by atoms with Crippen LogP contribution in [0.2, 0.25) is 5.02 Å². The van der Waals surface area contributed by atoms with Crippen molar-refractivity contribution in [3.63, 3.8) is 0 Å². The highest BCUT2D eigenvalue weighted by Crippen LogP contribution is 2.25. The first kappa shape index (κ1) is 16.8. The number of aryl methyl sites for hydroxylation is 2. The molecule has 2 heterocycles. The number of hydrogen-bond acceptors (Lipinski definition) is 3. The van der Waals surface area contributed by atoms with Gasteiger partial charge in [0, 0.05) is 25.7 Å². The Morgan fingerprint density at radius 2 is 2.00 bits per heavy atom. The Morgan fingerprint density at radius 3 is 2.57 bits per heavy atom. The molecule has 1 saturated heterocycles. The molecule has 120 valence electrons. The summed E-state index contributed by atoms with van der Waals surface area (Å²) in [5.74, 6) is 0. The second-order valence-corrected chi connectivity index (χ2v) is 6.54. The predicted octanol–water partition coefficient (Wildman–Crippen LogP) is 2.99. The third-order valence-corrected chi connectivity index (χ3v) is 5.34. The van der Waals surface area contributed by atoms with Crippen molar-refractivity contribution in [3.8, 4) is 0 Å². The van der Waals surface area contributed by atoms with Crippen LogP contribution in [0.3, 0.4) is 0 Å². The highest BCUT2D eigenvalue weighted by Gasteiger charge is 2.31. The van der Waals surface area contributed by atoms with Gasteiger partial charge in [-0.3, -0.25) is 9.58 Å². The molecule has 0 bridgehead atoms. The standard InChI is InChI=1S/C16H29ClN4/c1-5-13-15(17)14(20(4)19-13)11-21-10-8-9-18-16(6-2,7-3)12-21/h18H,5-12H2,1-4H3. The van der Waals surface area contributed by atoms with E-state index in [0.29, 0.717) is 0 Å². The molecule has 1 aliphatic rings. The Kier molecular flexibility index (Phi) is 5.69. The number of aromatic nitrogens is 2. The van der Waals surface area contributed by atoms with Crippen molar-refractivity contribution < 1.29 is 0 Å². The van der Waals surface area contributed by atoms with Gasteiger partial charge in [-0.05, 0) is 38.8 Å². The molecule has 2 rings (SSSR count). The maximum absolute atomic E-state index is 6.50. The molecule has 1 fully saturated rings. The fraction of sp³-hybridized carbons (Fsp3) is 0.812. The van der Waals surface area contributed by atoms with E-state index in [1.165, 1.54) is 19.3 Å². The van der Waals surface area contributed by atoms with Crippen LogP contribution in [0, 0.1) is 0 Å². The number of halogens is 1. The third kappa shape index (κ3) is 3.61. The van der Waals surface area contributed by atoms with Crippen molar-refractivity contribution in [2.45, 2.75) is 58.5 Å². The van der Waals surface area contributed by atoms with E-state index in [1.807, 2.05) is 11.7 Å². The second-order valence-electron chi connectivity index (χ2n) is 6.16. The summed E-state index contributed by atoms with van der Waals surface area (Å²) in [6, 6.07) is 0. The average Bonchev–Trinajstić information content (AvgIpc) is 2.68. The summed E-state index contributed by atoms with van der Waals surface area (Å²) in [6.45, 7) is 10.9. The van der Waals surface area contributed by atoms with Crippen LogP contribution in [0.4, 0.5) is 0 Å². The van der Waals surface area contributed by atoms with E-state index in [-0.39, 0.29) is 5.54 Å². The van der Waals surface area contributed by atoms with E-state index in [9.17, 15) is 0 Å². The molecular weight excluding hydrogens is 284 g/mol. The molecule has 0 aromatic carbocycles. The summed E-state index contributed by atoms with van der Waals surface area (Å²) in [7, 11) is 2.00. The van der Waals surface area contributed by atoms with E-state index in [1.54, 1.807) is 0 Å². The largest absolute Gasteiger partial charge is 0.310 e. The lowest BCUT2D eigenvalue weighted by molar-refractivity contribution is 0.188. The Hall–Kier alpha value is -0.580. The molecule has 0 radical (unpaired) electrons. The smallest absolute Gasteiger partial charge is 0.0863 e. The second kappa shape index (κ2) is 7.12. The van der Waals surface area contributed by atoms with E-state index >= 15 is 0 Å². The first-order valence-electron chi connectivity index (χ1n) is 8.22. The molecule has 1 N–H and O–H groups in total. The molecule has 0 unspecified atom stereocenters. The van der Waals surface area contributed by atoms with E-state index < -0.39 is 0 Å². The number of hydrogen-bond donors (Lipinski definition) is 1. The van der Waals surface area contributed by atoms with Crippen molar-refractivity contribution in [1.82, 2.24) is 20.0 Å². The fourth-order valence-corrected chi connectivity index (χ4v) is 3.63. The highest BCUT2D eigenvalue weighted by molar-refractivity contribution is 6.31. The highest BCUT2D eigenvalue weighted by atomic mass is 35.5. The van der Waals surface area contributed by atoms with Crippen LogP contribution in [-0.4, -0.2) is 39.9 Å². The summed E-state index contributed by atoms with van der Waals surface area (Å²) in [6.07, 6.45) is 4.42. The molecule has 0 aliphatic carbocycles. The maximum Gasteiger partial charge on any atom is 0.0863 e. The SMILES string of the molecule is CCc1nn(C)c(CN2CCCNC(CC)(CC)C2)c1Cl. The van der Waals surface area contributed by atoms with Gasteiger partial charge in [0.2, 0.25) is 0 Å². The lowest BCUT2D eigenvalue weighted by Crippen LogP contribution is -2.50. The quantitative estimate of drug-likeness (QED) is 0.907. The topological polar surface area (TPSA) is 33.1 Å². The zero-order valence-corrected chi connectivity index (χ0v) is 14.6. The van der Waals surface area contributed by atoms with Crippen LogP contribution in [0.1, 0.15) is 51.4 Å². The van der Waals surface area contributed by atoms with Crippen LogP contribution in [0.25, 0.3) is 0 Å². The van der Waals surface area contributed by atoms with Gasteiger partial charge in [-0.15, -0.1) is 0 Å². The van der Waals surface area contributed by atoms with E-state index in [2.05, 4.69) is 36.1 Å². The average molecular weight is 313 g/mol. The van der Waals surface area contributed by atoms with Gasteiger partial charge in [0.25, 0.3) is 0 Å². The molecule has 1 aliphatic heterocycles. The first-order chi connectivity index (χ1) is 10.0. The van der Waals surface area contributed by atoms with Crippen LogP contribution in [0.5, 0.6) is 0 Å². The molecule has 4 nitrogen and oxygen atoms in total. The van der Waals surface area contributed by atoms with Crippen molar-refractivity contribution in [2.75, 3.05) is 19.6 Å². The molecule has 1 aromatic rings. The summed E-state index contributed by atoms with van der Waals surface area (Å²) < 4.78 is 1.96. The Balaban J connectivity index is 2.16. The summed E-state index contributed by atoms with van der Waals surface area (Å²) in [5, 5.41) is 9.15. The number of nitrogens with zero attached hydrogens (tertiary/aromatic N) is 3. The zero-order chi connectivity index (χ0) is 15.5. The normalized spacial score (nSPS) is 19.7. The minimum absolute atomic E-state index is 0.245. The van der Waals surface area contributed by atoms with Gasteiger partial charge in [-0.2, -0.15) is 5.10 Å². The van der Waals surface area contributed by atoms with Crippen molar-refractivity contribution >= 4 is 11.6 Å². The molecule has 0 amide bonds. The van der Waals surface area contributed by atoms with Crippen LogP contribution < -0.4 is 5.32 Å². The van der Waals surface area contributed by atoms with Gasteiger partial charge < -0.3 is 5.32 Å². The third-order valence-electron chi connectivity index (χ3n) is 4.91. The number of rotatable bonds is 5. The van der Waals surface area contributed by atoms with Gasteiger partial charge in [-0.25, -0.2) is 0 Å². The Morgan fingerprint density at radius 1 is 1.29 bits per heavy atom. The van der Waals surface area contributed by atoms with Crippen LogP contribution in [-0.2, 0) is 20.0 Å². The van der Waals surface area contributed by atoms with Crippen molar-refractivity contribution in [3.05, 3.63) is 16.4 Å². The van der Waals surface area contributed by atoms with Crippen molar-refractivity contribution in [2.24, 2.45) is 7.05 Å². The predicted molar refractivity (Wildman–Crippen MR) is 88.8 cm³/mol. The first-order valence-corrected chi connectivity index (χ1v) is 8.60. The van der Waals surface area contributed by atoms with Crippen LogP contribution >= 0.6 is 11.6 Å². The molecule has 1 aromatic heterocycles. The van der Waals surface area contributed by atoms with Crippen LogP contribution in [0.15, 0.2) is 0 Å². The molecule has 0 atom stereocenters. The van der Waals surface area contributed by atoms with E-state index in [0.717, 1.165) is 49.0 Å². The van der Waals surface area contributed by atoms with Crippen molar-refractivity contribution in [1.29, 1.82) is 0 Å². The maximum atomic E-state index is 6.50. The Labute approximate surface area is 133 Å². The Bertz CT molecular complexity index is 465. The summed E-state index contributed by atoms with van der Waals surface area (Å²) in [5.41, 5.74) is 2.41. The van der Waals surface area contributed by atoms with Gasteiger partial charge in [0.1, 0.15) is 0 Å². The summed E-state index contributed by atoms with van der Waals surface area (Å²) in [4.78, 5) is 2.54. The molecule has 0 spiro atoms. The minimum Gasteiger partial charge on any atom is -0.310 e. The molecule has 21 heavy (non-hydrogen) atoms. The minimum atomic E-state index is 0.245. The molecule has 5 heteroatoms. The monoisotopic (exact) mass is 312 g/mol. The number of nitrogens with one attached hydrogen (secondary N) is 1. The van der Waals surface area contributed by atoms with Gasteiger partial charge in [-0.1, -0.05) is 32.4 Å². The lowest BCUT2D eigenvalue weighted by atomic mass is 9.92. The van der Waals surface area contributed by atoms with Gasteiger partial charge in [0.15, 0.2) is 0 Å². The van der Waals surface area contributed by atoms with Gasteiger partial charge in [0.05, 0.1) is 16.4 Å². The molecular formula is C16H29ClN4. The van der Waals surface area contributed by atoms with Gasteiger partial charge >= 0.3 is 0 Å². The zero-order valence-electron chi connectivity index (χ0n) is 13.9. The lowest BCUT2D eigenvalue weighted by Gasteiger charge is -2.35. The fourth-order valence-electron chi connectivity index (χ4n) is 3.28.